The van der Waals surface area contributed by atoms with Crippen molar-refractivity contribution in [1.82, 2.24) is 15.3 Å². The molecule has 0 saturated carbocycles. The van der Waals surface area contributed by atoms with Crippen molar-refractivity contribution < 1.29 is 9.59 Å². The van der Waals surface area contributed by atoms with Crippen LogP contribution < -0.4 is 21.7 Å². The van der Waals surface area contributed by atoms with Crippen LogP contribution in [0.15, 0.2) is 30.3 Å². The Morgan fingerprint density at radius 1 is 1.12 bits per heavy atom. The smallest absolute Gasteiger partial charge is 0.251 e. The lowest BCUT2D eigenvalue weighted by Gasteiger charge is -2.19. The average molecular weight is 342 g/mol. The van der Waals surface area contributed by atoms with Crippen LogP contribution in [-0.4, -0.2) is 41.4 Å². The molecule has 0 aliphatic rings. The Morgan fingerprint density at radius 3 is 2.32 bits per heavy atom. The van der Waals surface area contributed by atoms with Crippen LogP contribution in [0.1, 0.15) is 24.2 Å². The third-order valence-electron chi connectivity index (χ3n) is 3.65. The zero-order valence-electron chi connectivity index (χ0n) is 14.3. The maximum absolute atomic E-state index is 11.9. The molecule has 1 aromatic carbocycles. The van der Waals surface area contributed by atoms with Gasteiger partial charge in [-0.15, -0.1) is 0 Å². The van der Waals surface area contributed by atoms with E-state index in [0.717, 1.165) is 18.7 Å². The summed E-state index contributed by atoms with van der Waals surface area (Å²) in [4.78, 5) is 33.5. The molecule has 5 N–H and O–H groups in total. The Morgan fingerprint density at radius 2 is 1.76 bits per heavy atom. The molecule has 1 aromatic heterocycles. The molecule has 0 saturated heterocycles. The molecule has 2 rings (SSSR count). The first-order valence-electron chi connectivity index (χ1n) is 8.01. The van der Waals surface area contributed by atoms with E-state index in [2.05, 4.69) is 15.3 Å². The van der Waals surface area contributed by atoms with E-state index in [1.54, 1.807) is 30.3 Å². The highest BCUT2D eigenvalue weighted by molar-refractivity contribution is 5.96. The van der Waals surface area contributed by atoms with Crippen molar-refractivity contribution in [3.8, 4) is 11.3 Å². The number of nitrogens with zero attached hydrogens (tertiary/aromatic N) is 3. The number of nitrogen functional groups attached to an aromatic ring is 1. The van der Waals surface area contributed by atoms with Crippen LogP contribution in [-0.2, 0) is 4.79 Å². The average Bonchev–Trinajstić information content (AvgIpc) is 2.60. The summed E-state index contributed by atoms with van der Waals surface area (Å²) in [5.74, 6) is 0.000185. The minimum absolute atomic E-state index is 0.198. The summed E-state index contributed by atoms with van der Waals surface area (Å²) >= 11 is 0. The number of nitrogens with one attached hydrogen (secondary N) is 1. The molecule has 0 atom stereocenters. The molecule has 0 fully saturated rings. The van der Waals surface area contributed by atoms with Crippen LogP contribution in [0.3, 0.4) is 0 Å². The van der Waals surface area contributed by atoms with Gasteiger partial charge in [0.2, 0.25) is 11.9 Å². The van der Waals surface area contributed by atoms with Gasteiger partial charge in [0.15, 0.2) is 0 Å². The van der Waals surface area contributed by atoms with Crippen LogP contribution in [0.5, 0.6) is 0 Å². The lowest BCUT2D eigenvalue weighted by molar-refractivity contribution is -0.117. The number of hydrogen-bond acceptors (Lipinski definition) is 6. The minimum atomic E-state index is -0.592. The molecule has 2 aromatic rings. The first-order chi connectivity index (χ1) is 11.9. The molecule has 132 valence electrons. The van der Waals surface area contributed by atoms with E-state index < -0.39 is 5.91 Å². The zero-order chi connectivity index (χ0) is 18.4. The molecule has 1 heterocycles. The number of primary amides is 1. The molecule has 0 unspecified atom stereocenters. The van der Waals surface area contributed by atoms with Crippen molar-refractivity contribution in [1.29, 1.82) is 0 Å². The number of carbonyl (C=O) groups is 2. The highest BCUT2D eigenvalue weighted by Crippen LogP contribution is 2.22. The van der Waals surface area contributed by atoms with Crippen LogP contribution >= 0.6 is 0 Å². The van der Waals surface area contributed by atoms with Gasteiger partial charge in [-0.3, -0.25) is 9.59 Å². The Labute approximate surface area is 146 Å². The van der Waals surface area contributed by atoms with Gasteiger partial charge in [0, 0.05) is 30.3 Å². The first-order valence-corrected chi connectivity index (χ1v) is 8.01. The molecule has 2 amide bonds. The summed E-state index contributed by atoms with van der Waals surface area (Å²) in [7, 11) is 0. The van der Waals surface area contributed by atoms with Gasteiger partial charge in [0.1, 0.15) is 5.82 Å². The quantitative estimate of drug-likeness (QED) is 0.682. The molecule has 25 heavy (non-hydrogen) atoms. The molecule has 0 aliphatic heterocycles. The van der Waals surface area contributed by atoms with E-state index in [0.29, 0.717) is 23.0 Å². The summed E-state index contributed by atoms with van der Waals surface area (Å²) in [6.45, 7) is 5.40. The Kier molecular flexibility index (Phi) is 5.89. The normalized spacial score (nSPS) is 10.3. The van der Waals surface area contributed by atoms with E-state index in [1.165, 1.54) is 0 Å². The van der Waals surface area contributed by atoms with Gasteiger partial charge >= 0.3 is 0 Å². The van der Waals surface area contributed by atoms with Gasteiger partial charge in [-0.05, 0) is 26.0 Å². The number of carbonyl (C=O) groups excluding carboxylic acids is 2. The first kappa shape index (κ1) is 18.2. The lowest BCUT2D eigenvalue weighted by atomic mass is 10.1. The van der Waals surface area contributed by atoms with E-state index in [1.807, 2.05) is 18.7 Å². The number of benzene rings is 1. The molecule has 0 bridgehead atoms. The maximum Gasteiger partial charge on any atom is 0.251 e. The van der Waals surface area contributed by atoms with E-state index >= 15 is 0 Å². The predicted molar refractivity (Wildman–Crippen MR) is 97.0 cm³/mol. The van der Waals surface area contributed by atoms with Gasteiger partial charge in [0.25, 0.3) is 5.91 Å². The standard InChI is InChI=1S/C17H22N6O2/c1-3-23(4-2)17-21-13(9-14(18)22-17)11-5-7-12(8-6-11)16(25)20-10-15(19)24/h5-9H,3-4,10H2,1-2H3,(H2,19,24)(H,20,25)(H2,18,21,22). The summed E-state index contributed by atoms with van der Waals surface area (Å²) < 4.78 is 0. The van der Waals surface area contributed by atoms with Gasteiger partial charge in [-0.1, -0.05) is 12.1 Å². The monoisotopic (exact) mass is 342 g/mol. The van der Waals surface area contributed by atoms with Crippen molar-refractivity contribution in [2.75, 3.05) is 30.3 Å². The summed E-state index contributed by atoms with van der Waals surface area (Å²) in [6.07, 6.45) is 0. The fourth-order valence-electron chi connectivity index (χ4n) is 2.31. The highest BCUT2D eigenvalue weighted by atomic mass is 16.2. The number of hydrogen-bond donors (Lipinski definition) is 3. The predicted octanol–water partition coefficient (Wildman–Crippen LogP) is 0.787. The van der Waals surface area contributed by atoms with Crippen molar-refractivity contribution in [2.45, 2.75) is 13.8 Å². The van der Waals surface area contributed by atoms with Crippen LogP contribution in [0, 0.1) is 0 Å². The van der Waals surface area contributed by atoms with Crippen molar-refractivity contribution in [2.24, 2.45) is 5.73 Å². The number of aromatic nitrogens is 2. The summed E-state index contributed by atoms with van der Waals surface area (Å²) in [5.41, 5.74) is 12.8. The number of amides is 2. The third-order valence-corrected chi connectivity index (χ3v) is 3.65. The van der Waals surface area contributed by atoms with Crippen molar-refractivity contribution >= 4 is 23.6 Å². The summed E-state index contributed by atoms with van der Waals surface area (Å²) in [5, 5.41) is 2.44. The number of anilines is 2. The molecule has 0 radical (unpaired) electrons. The van der Waals surface area contributed by atoms with E-state index in [9.17, 15) is 9.59 Å². The summed E-state index contributed by atoms with van der Waals surface area (Å²) in [6, 6.07) is 8.54. The third kappa shape index (κ3) is 4.66. The lowest BCUT2D eigenvalue weighted by Crippen LogP contribution is -2.33. The van der Waals surface area contributed by atoms with Crippen molar-refractivity contribution in [3.63, 3.8) is 0 Å². The zero-order valence-corrected chi connectivity index (χ0v) is 14.3. The molecular weight excluding hydrogens is 320 g/mol. The number of rotatable bonds is 7. The fraction of sp³-hybridized carbons (Fsp3) is 0.294. The van der Waals surface area contributed by atoms with E-state index in [4.69, 9.17) is 11.5 Å². The maximum atomic E-state index is 11.9. The molecule has 0 aliphatic carbocycles. The second-order valence-electron chi connectivity index (χ2n) is 5.38. The highest BCUT2D eigenvalue weighted by Gasteiger charge is 2.11. The van der Waals surface area contributed by atoms with Gasteiger partial charge < -0.3 is 21.7 Å². The fourth-order valence-corrected chi connectivity index (χ4v) is 2.31. The molecule has 8 heteroatoms. The minimum Gasteiger partial charge on any atom is -0.384 e. The Balaban J connectivity index is 2.24. The molecule has 8 nitrogen and oxygen atoms in total. The van der Waals surface area contributed by atoms with Crippen LogP contribution in [0.4, 0.5) is 11.8 Å². The SMILES string of the molecule is CCN(CC)c1nc(N)cc(-c2ccc(C(=O)NCC(N)=O)cc2)n1. The van der Waals surface area contributed by atoms with Gasteiger partial charge in [-0.2, -0.15) is 4.98 Å². The largest absolute Gasteiger partial charge is 0.384 e. The van der Waals surface area contributed by atoms with Crippen LogP contribution in [0.2, 0.25) is 0 Å². The second-order valence-corrected chi connectivity index (χ2v) is 5.38. The van der Waals surface area contributed by atoms with Gasteiger partial charge in [0.05, 0.1) is 12.2 Å². The van der Waals surface area contributed by atoms with E-state index in [-0.39, 0.29) is 12.5 Å². The Hall–Kier alpha value is -3.16. The molecular formula is C17H22N6O2. The Bertz CT molecular complexity index is 756. The number of nitrogens with two attached hydrogens (primary N) is 2. The van der Waals surface area contributed by atoms with Crippen molar-refractivity contribution in [3.05, 3.63) is 35.9 Å². The van der Waals surface area contributed by atoms with Crippen LogP contribution in [0.25, 0.3) is 11.3 Å². The second kappa shape index (κ2) is 8.09. The molecule has 0 spiro atoms. The topological polar surface area (TPSA) is 127 Å². The van der Waals surface area contributed by atoms with Gasteiger partial charge in [-0.25, -0.2) is 4.98 Å².